The Morgan fingerprint density at radius 3 is 0.962 bits per heavy atom. The van der Waals surface area contributed by atoms with Gasteiger partial charge in [-0.3, -0.25) is 0 Å². The molecule has 0 saturated heterocycles. The molecule has 1 N–H and O–H groups in total. The molecule has 0 aliphatic rings. The first kappa shape index (κ1) is 37.9. The standard InChI is InChI=1S/C42H45N2O6P3/c1-31-7-19-37(20-8-31)45-51(46-38-21-9-32(2)10-22-38)43-53(49-41-27-15-35(5)16-28-41,50-42-29-17-36(6)18-30-42)44-52(47-39-23-11-33(3)12-24-39)48-40-25-13-34(4)14-26-40/h7-30,43,52-53H,1-6H3. The van der Waals surface area contributed by atoms with Crippen molar-refractivity contribution in [1.82, 2.24) is 4.86 Å². The predicted molar refractivity (Wildman–Crippen MR) is 220 cm³/mol. The normalized spacial score (nSPS) is 11.5. The van der Waals surface area contributed by atoms with Gasteiger partial charge in [0, 0.05) is 0 Å². The zero-order chi connectivity index (χ0) is 37.2. The summed E-state index contributed by atoms with van der Waals surface area (Å²) in [4.78, 5) is 3.55. The Morgan fingerprint density at radius 2 is 0.660 bits per heavy atom. The Balaban J connectivity index is 1.52. The van der Waals surface area contributed by atoms with Crippen molar-refractivity contribution in [3.63, 3.8) is 0 Å². The zero-order valence-corrected chi connectivity index (χ0v) is 33.6. The van der Waals surface area contributed by atoms with Crippen molar-refractivity contribution >= 4 is 24.7 Å². The number of nitrogens with zero attached hydrogens (tertiary/aromatic N) is 1. The van der Waals surface area contributed by atoms with Crippen LogP contribution in [0.5, 0.6) is 34.5 Å². The van der Waals surface area contributed by atoms with Crippen LogP contribution in [-0.2, 0) is 0 Å². The van der Waals surface area contributed by atoms with Crippen molar-refractivity contribution in [2.75, 3.05) is 0 Å². The Bertz CT molecular complexity index is 1950. The third kappa shape index (κ3) is 11.6. The van der Waals surface area contributed by atoms with Gasteiger partial charge in [-0.05, 0) is 0 Å². The summed E-state index contributed by atoms with van der Waals surface area (Å²) in [5.41, 5.74) is 6.57. The van der Waals surface area contributed by atoms with Gasteiger partial charge >= 0.3 is 316 Å². The molecule has 0 aliphatic heterocycles. The van der Waals surface area contributed by atoms with Gasteiger partial charge < -0.3 is 0 Å². The quantitative estimate of drug-likeness (QED) is 0.104. The Kier molecular flexibility index (Phi) is 12.7. The van der Waals surface area contributed by atoms with Crippen LogP contribution >= 0.6 is 24.7 Å². The molecule has 0 radical (unpaired) electrons. The fraction of sp³-hybridized carbons (Fsp3) is 0.143. The minimum absolute atomic E-state index is 0.540. The Morgan fingerprint density at radius 1 is 0.396 bits per heavy atom. The number of hydrogen-bond donors (Lipinski definition) is 1. The van der Waals surface area contributed by atoms with Gasteiger partial charge in [-0.2, -0.15) is 0 Å². The van der Waals surface area contributed by atoms with Crippen molar-refractivity contribution in [2.24, 2.45) is 4.52 Å². The summed E-state index contributed by atoms with van der Waals surface area (Å²) in [5.74, 6) is 3.49. The minimum atomic E-state index is -4.15. The zero-order valence-electron chi connectivity index (χ0n) is 30.7. The molecule has 0 saturated carbocycles. The average Bonchev–Trinajstić information content (AvgIpc) is 3.14. The molecule has 0 aliphatic carbocycles. The summed E-state index contributed by atoms with van der Waals surface area (Å²) in [6.07, 6.45) is 0. The first-order chi connectivity index (χ1) is 25.6. The van der Waals surface area contributed by atoms with Crippen LogP contribution in [0.15, 0.2) is 150 Å². The second-order valence-electron chi connectivity index (χ2n) is 12.8. The Hall–Kier alpha value is -4.83. The van der Waals surface area contributed by atoms with E-state index in [-0.39, 0.29) is 0 Å². The van der Waals surface area contributed by atoms with E-state index < -0.39 is 24.7 Å². The number of aryl methyl sites for hydroxylation is 6. The molecule has 0 fully saturated rings. The summed E-state index contributed by atoms with van der Waals surface area (Å²) in [6.45, 7) is 12.2. The van der Waals surface area contributed by atoms with Gasteiger partial charge in [-0.15, -0.1) is 0 Å². The van der Waals surface area contributed by atoms with Crippen LogP contribution in [0.4, 0.5) is 0 Å². The molecule has 8 nitrogen and oxygen atoms in total. The maximum atomic E-state index is 6.94. The molecule has 6 aromatic carbocycles. The van der Waals surface area contributed by atoms with Crippen molar-refractivity contribution in [3.05, 3.63) is 179 Å². The van der Waals surface area contributed by atoms with Crippen molar-refractivity contribution < 1.29 is 27.1 Å². The molecule has 0 amide bonds. The molecule has 6 rings (SSSR count). The monoisotopic (exact) mass is 766 g/mol. The van der Waals surface area contributed by atoms with E-state index in [1.54, 1.807) is 0 Å². The number of benzene rings is 6. The molecule has 0 heterocycles. The fourth-order valence-electron chi connectivity index (χ4n) is 4.84. The van der Waals surface area contributed by atoms with E-state index in [2.05, 4.69) is 4.86 Å². The third-order valence-corrected chi connectivity index (χ3v) is 14.3. The van der Waals surface area contributed by atoms with E-state index in [0.717, 1.165) is 33.4 Å². The number of rotatable bonds is 15. The summed E-state index contributed by atoms with van der Waals surface area (Å²) >= 11 is 0. The molecule has 0 atom stereocenters. The molecule has 53 heavy (non-hydrogen) atoms. The third-order valence-electron chi connectivity index (χ3n) is 7.90. The molecule has 274 valence electrons. The van der Waals surface area contributed by atoms with Gasteiger partial charge in [0.25, 0.3) is 0 Å². The summed E-state index contributed by atoms with van der Waals surface area (Å²) in [5, 5.41) is 0. The van der Waals surface area contributed by atoms with Crippen LogP contribution in [0.2, 0.25) is 0 Å². The van der Waals surface area contributed by atoms with Gasteiger partial charge in [-0.1, -0.05) is 0 Å². The van der Waals surface area contributed by atoms with Crippen molar-refractivity contribution in [2.45, 2.75) is 41.5 Å². The maximum absolute atomic E-state index is 6.94. The van der Waals surface area contributed by atoms with Crippen LogP contribution in [-0.4, -0.2) is 0 Å². The van der Waals surface area contributed by atoms with Crippen LogP contribution in [0.1, 0.15) is 33.4 Å². The van der Waals surface area contributed by atoms with E-state index in [1.807, 2.05) is 187 Å². The van der Waals surface area contributed by atoms with Crippen LogP contribution in [0, 0.1) is 41.5 Å². The molecule has 11 heteroatoms. The summed E-state index contributed by atoms with van der Waals surface area (Å²) in [6, 6.07) is 46.6. The topological polar surface area (TPSA) is 79.8 Å². The van der Waals surface area contributed by atoms with E-state index in [9.17, 15) is 0 Å². The summed E-state index contributed by atoms with van der Waals surface area (Å²) < 4.78 is 45.6. The second-order valence-corrected chi connectivity index (χ2v) is 18.0. The molecule has 0 bridgehead atoms. The van der Waals surface area contributed by atoms with E-state index in [4.69, 9.17) is 31.7 Å². The summed E-state index contributed by atoms with van der Waals surface area (Å²) in [7, 11) is -8.77. The predicted octanol–water partition coefficient (Wildman–Crippen LogP) is 12.8. The number of hydrogen-bond acceptors (Lipinski definition) is 8. The average molecular weight is 767 g/mol. The molecule has 0 spiro atoms. The van der Waals surface area contributed by atoms with Gasteiger partial charge in [0.2, 0.25) is 0 Å². The molecule has 6 aromatic rings. The first-order valence-corrected chi connectivity index (χ1v) is 21.5. The van der Waals surface area contributed by atoms with Crippen LogP contribution < -0.4 is 32.0 Å². The van der Waals surface area contributed by atoms with E-state index >= 15 is 0 Å². The van der Waals surface area contributed by atoms with Gasteiger partial charge in [0.15, 0.2) is 0 Å². The number of nitrogens with one attached hydrogen (secondary N) is 1. The molecular weight excluding hydrogens is 721 g/mol. The first-order valence-electron chi connectivity index (χ1n) is 17.3. The molecule has 0 aromatic heterocycles. The van der Waals surface area contributed by atoms with Gasteiger partial charge in [-0.25, -0.2) is 0 Å². The van der Waals surface area contributed by atoms with Crippen LogP contribution in [0.25, 0.3) is 0 Å². The Labute approximate surface area is 315 Å². The second kappa shape index (κ2) is 17.8. The molecular formula is C42H45N2O6P3. The van der Waals surface area contributed by atoms with Gasteiger partial charge in [0.1, 0.15) is 0 Å². The van der Waals surface area contributed by atoms with Crippen molar-refractivity contribution in [1.29, 1.82) is 0 Å². The van der Waals surface area contributed by atoms with E-state index in [1.165, 1.54) is 0 Å². The van der Waals surface area contributed by atoms with E-state index in [0.29, 0.717) is 34.5 Å². The van der Waals surface area contributed by atoms with Crippen molar-refractivity contribution in [3.8, 4) is 34.5 Å². The van der Waals surface area contributed by atoms with Gasteiger partial charge in [0.05, 0.1) is 0 Å². The fourth-order valence-corrected chi connectivity index (χ4v) is 11.2. The molecule has 0 unspecified atom stereocenters. The van der Waals surface area contributed by atoms with Crippen LogP contribution in [0.3, 0.4) is 0 Å². The SMILES string of the molecule is Cc1ccc(OP(N[PH](N=[PH](Oc2ccc(C)cc2)Oc2ccc(C)cc2)(Oc2ccc(C)cc2)Oc2ccc(C)cc2)Oc2ccc(C)cc2)cc1.